The van der Waals surface area contributed by atoms with Crippen molar-refractivity contribution in [2.24, 2.45) is 5.41 Å². The fourth-order valence-electron chi connectivity index (χ4n) is 2.46. The second-order valence-electron chi connectivity index (χ2n) is 5.08. The van der Waals surface area contributed by atoms with Gasteiger partial charge < -0.3 is 5.11 Å². The van der Waals surface area contributed by atoms with Gasteiger partial charge in [0, 0.05) is 29.7 Å². The molecule has 116 valence electrons. The van der Waals surface area contributed by atoms with Gasteiger partial charge in [-0.25, -0.2) is 4.39 Å². The van der Waals surface area contributed by atoms with E-state index in [1.54, 1.807) is 0 Å². The van der Waals surface area contributed by atoms with E-state index in [1.165, 1.54) is 23.1 Å². The van der Waals surface area contributed by atoms with Crippen LogP contribution in [0.5, 0.6) is 0 Å². The number of hydrogen-bond donors (Lipinski definition) is 1. The molecular formula is C13H12BrF4NO2. The van der Waals surface area contributed by atoms with Gasteiger partial charge in [-0.15, -0.1) is 0 Å². The van der Waals surface area contributed by atoms with Crippen LogP contribution in [0.1, 0.15) is 12.0 Å². The molecule has 0 spiro atoms. The van der Waals surface area contributed by atoms with Crippen molar-refractivity contribution in [3.05, 3.63) is 34.1 Å². The molecule has 1 atom stereocenters. The van der Waals surface area contributed by atoms with E-state index in [1.807, 2.05) is 0 Å². The van der Waals surface area contributed by atoms with Gasteiger partial charge in [0.2, 0.25) is 0 Å². The van der Waals surface area contributed by atoms with Crippen molar-refractivity contribution in [2.75, 3.05) is 13.1 Å². The van der Waals surface area contributed by atoms with E-state index in [2.05, 4.69) is 15.9 Å². The van der Waals surface area contributed by atoms with E-state index >= 15 is 0 Å². The van der Waals surface area contributed by atoms with Crippen molar-refractivity contribution >= 4 is 21.9 Å². The van der Waals surface area contributed by atoms with Crippen molar-refractivity contribution in [3.8, 4) is 0 Å². The van der Waals surface area contributed by atoms with Crippen LogP contribution in [0.4, 0.5) is 17.6 Å². The monoisotopic (exact) mass is 369 g/mol. The molecule has 1 heterocycles. The van der Waals surface area contributed by atoms with E-state index < -0.39 is 36.3 Å². The molecule has 2 rings (SSSR count). The van der Waals surface area contributed by atoms with Gasteiger partial charge >= 0.3 is 12.1 Å². The molecule has 1 saturated heterocycles. The number of carboxylic acids is 1. The largest absolute Gasteiger partial charge is 0.481 e. The summed E-state index contributed by atoms with van der Waals surface area (Å²) in [7, 11) is 0. The van der Waals surface area contributed by atoms with E-state index in [0.717, 1.165) is 0 Å². The minimum atomic E-state index is -4.83. The molecule has 0 saturated carbocycles. The molecule has 0 bridgehead atoms. The summed E-state index contributed by atoms with van der Waals surface area (Å²) in [6.07, 6.45) is -5.36. The Labute approximate surface area is 126 Å². The summed E-state index contributed by atoms with van der Waals surface area (Å²) in [6.45, 7) is -0.772. The minimum Gasteiger partial charge on any atom is -0.481 e. The molecule has 1 N–H and O–H groups in total. The van der Waals surface area contributed by atoms with Crippen LogP contribution in [-0.2, 0) is 11.3 Å². The van der Waals surface area contributed by atoms with Crippen molar-refractivity contribution in [1.29, 1.82) is 0 Å². The molecule has 21 heavy (non-hydrogen) atoms. The van der Waals surface area contributed by atoms with Crippen molar-refractivity contribution < 1.29 is 27.5 Å². The summed E-state index contributed by atoms with van der Waals surface area (Å²) < 4.78 is 53.3. The zero-order valence-electron chi connectivity index (χ0n) is 10.8. The van der Waals surface area contributed by atoms with Crippen LogP contribution in [0, 0.1) is 11.2 Å². The van der Waals surface area contributed by atoms with Crippen LogP contribution in [0.2, 0.25) is 0 Å². The lowest BCUT2D eigenvalue weighted by Crippen LogP contribution is -2.47. The highest BCUT2D eigenvalue weighted by Crippen LogP contribution is 2.46. The van der Waals surface area contributed by atoms with Crippen LogP contribution >= 0.6 is 15.9 Å². The Bertz CT molecular complexity index is 564. The number of alkyl halides is 3. The number of rotatable bonds is 3. The Morgan fingerprint density at radius 3 is 2.62 bits per heavy atom. The summed E-state index contributed by atoms with van der Waals surface area (Å²) in [5, 5.41) is 8.95. The third-order valence-electron chi connectivity index (χ3n) is 3.70. The predicted octanol–water partition coefficient (Wildman–Crippen LogP) is 3.43. The summed E-state index contributed by atoms with van der Waals surface area (Å²) in [5.74, 6) is -2.41. The number of aliphatic carboxylic acids is 1. The lowest BCUT2D eigenvalue weighted by atomic mass is 9.86. The quantitative estimate of drug-likeness (QED) is 0.829. The van der Waals surface area contributed by atoms with Crippen LogP contribution < -0.4 is 0 Å². The summed E-state index contributed by atoms with van der Waals surface area (Å²) in [6, 6.07) is 4.17. The Morgan fingerprint density at radius 1 is 1.43 bits per heavy atom. The molecule has 1 unspecified atom stereocenters. The third-order valence-corrected chi connectivity index (χ3v) is 4.20. The lowest BCUT2D eigenvalue weighted by molar-refractivity contribution is -0.227. The van der Waals surface area contributed by atoms with E-state index in [9.17, 15) is 22.4 Å². The number of nitrogens with zero attached hydrogens (tertiary/aromatic N) is 1. The fourth-order valence-corrected chi connectivity index (χ4v) is 2.86. The first kappa shape index (κ1) is 16.2. The molecule has 0 amide bonds. The Balaban J connectivity index is 2.19. The molecule has 1 aliphatic heterocycles. The second-order valence-corrected chi connectivity index (χ2v) is 6.00. The molecule has 0 radical (unpaired) electrons. The smallest absolute Gasteiger partial charge is 0.406 e. The normalized spacial score (nSPS) is 23.5. The SMILES string of the molecule is O=C(O)C1(C(F)(F)F)CCN(Cc2cc(Br)ccc2F)C1. The Kier molecular flexibility index (Phi) is 4.30. The predicted molar refractivity (Wildman–Crippen MR) is 70.1 cm³/mol. The van der Waals surface area contributed by atoms with Gasteiger partial charge in [-0.3, -0.25) is 9.69 Å². The molecule has 0 aliphatic carbocycles. The number of halogens is 5. The van der Waals surface area contributed by atoms with E-state index in [0.29, 0.717) is 4.47 Å². The highest BCUT2D eigenvalue weighted by molar-refractivity contribution is 9.10. The first-order valence-electron chi connectivity index (χ1n) is 6.12. The number of carboxylic acid groups (broad SMARTS) is 1. The van der Waals surface area contributed by atoms with Crippen molar-refractivity contribution in [1.82, 2.24) is 4.90 Å². The van der Waals surface area contributed by atoms with E-state index in [-0.39, 0.29) is 18.7 Å². The average Bonchev–Trinajstić information content (AvgIpc) is 2.79. The molecule has 0 aromatic heterocycles. The van der Waals surface area contributed by atoms with Gasteiger partial charge in [0.1, 0.15) is 5.82 Å². The molecule has 1 aromatic carbocycles. The Hall–Kier alpha value is -1.15. The average molecular weight is 370 g/mol. The van der Waals surface area contributed by atoms with Crippen LogP contribution in [-0.4, -0.2) is 35.2 Å². The van der Waals surface area contributed by atoms with Crippen molar-refractivity contribution in [2.45, 2.75) is 19.1 Å². The summed E-state index contributed by atoms with van der Waals surface area (Å²) in [4.78, 5) is 12.4. The number of hydrogen-bond acceptors (Lipinski definition) is 2. The standard InChI is InChI=1S/C13H12BrF4NO2/c14-9-1-2-10(15)8(5-9)6-19-4-3-12(7-19,11(20)21)13(16,17)18/h1-2,5H,3-4,6-7H2,(H,20,21). The van der Waals surface area contributed by atoms with Gasteiger partial charge in [0.15, 0.2) is 5.41 Å². The highest BCUT2D eigenvalue weighted by atomic mass is 79.9. The lowest BCUT2D eigenvalue weighted by Gasteiger charge is -2.27. The van der Waals surface area contributed by atoms with Crippen LogP contribution in [0.25, 0.3) is 0 Å². The second kappa shape index (κ2) is 5.57. The van der Waals surface area contributed by atoms with Crippen LogP contribution in [0.15, 0.2) is 22.7 Å². The molecule has 8 heteroatoms. The topological polar surface area (TPSA) is 40.5 Å². The Morgan fingerprint density at radius 2 is 2.10 bits per heavy atom. The first-order valence-corrected chi connectivity index (χ1v) is 6.91. The molecule has 1 aliphatic rings. The zero-order valence-corrected chi connectivity index (χ0v) is 12.3. The van der Waals surface area contributed by atoms with Gasteiger partial charge in [-0.2, -0.15) is 13.2 Å². The number of likely N-dealkylation sites (tertiary alicyclic amines) is 1. The molecular weight excluding hydrogens is 358 g/mol. The van der Waals surface area contributed by atoms with Gasteiger partial charge in [0.25, 0.3) is 0 Å². The minimum absolute atomic E-state index is 0.0439. The summed E-state index contributed by atoms with van der Waals surface area (Å²) in [5.41, 5.74) is -2.54. The zero-order chi connectivity index (χ0) is 15.8. The maximum Gasteiger partial charge on any atom is 0.406 e. The highest BCUT2D eigenvalue weighted by Gasteiger charge is 2.63. The van der Waals surface area contributed by atoms with E-state index in [4.69, 9.17) is 5.11 Å². The maximum absolute atomic E-state index is 13.6. The van der Waals surface area contributed by atoms with Crippen LogP contribution in [0.3, 0.4) is 0 Å². The molecule has 3 nitrogen and oxygen atoms in total. The van der Waals surface area contributed by atoms with Gasteiger partial charge in [0.05, 0.1) is 0 Å². The first-order chi connectivity index (χ1) is 9.65. The summed E-state index contributed by atoms with van der Waals surface area (Å²) >= 11 is 3.16. The third kappa shape index (κ3) is 3.06. The number of carbonyl (C=O) groups is 1. The fraction of sp³-hybridized carbons (Fsp3) is 0.462. The number of benzene rings is 1. The molecule has 1 fully saturated rings. The maximum atomic E-state index is 13.6. The van der Waals surface area contributed by atoms with Crippen molar-refractivity contribution in [3.63, 3.8) is 0 Å². The van der Waals surface area contributed by atoms with Gasteiger partial charge in [-0.1, -0.05) is 15.9 Å². The van der Waals surface area contributed by atoms with Gasteiger partial charge in [-0.05, 0) is 24.6 Å². The molecule has 1 aromatic rings.